The second-order valence-corrected chi connectivity index (χ2v) is 9.04. The summed E-state index contributed by atoms with van der Waals surface area (Å²) in [5.74, 6) is 1.35. The Morgan fingerprint density at radius 1 is 1.10 bits per heavy atom. The fourth-order valence-corrected chi connectivity index (χ4v) is 5.02. The third kappa shape index (κ3) is 5.83. The second kappa shape index (κ2) is 10.3. The van der Waals surface area contributed by atoms with Gasteiger partial charge >= 0.3 is 0 Å². The number of carbonyl (C=O) groups excluding carboxylic acids is 1. The lowest BCUT2D eigenvalue weighted by Gasteiger charge is -2.31. The average molecular weight is 414 g/mol. The zero-order valence-electron chi connectivity index (χ0n) is 17.1. The number of ether oxygens (including phenoxy) is 2. The maximum atomic E-state index is 13.3. The maximum Gasteiger partial charge on any atom is 0.226 e. The van der Waals surface area contributed by atoms with Gasteiger partial charge in [0.05, 0.1) is 6.10 Å². The van der Waals surface area contributed by atoms with Crippen molar-refractivity contribution in [1.82, 2.24) is 4.90 Å². The monoisotopic (exact) mass is 413 g/mol. The quantitative estimate of drug-likeness (QED) is 0.580. The van der Waals surface area contributed by atoms with Crippen LogP contribution in [0.1, 0.15) is 56.1 Å². The molecule has 1 aromatic carbocycles. The van der Waals surface area contributed by atoms with Gasteiger partial charge in [-0.15, -0.1) is 0 Å². The molecular formula is C24H31NO3S. The van der Waals surface area contributed by atoms with Gasteiger partial charge in [-0.2, -0.15) is 11.3 Å². The third-order valence-corrected chi connectivity index (χ3v) is 6.70. The van der Waals surface area contributed by atoms with Crippen molar-refractivity contribution in [2.75, 3.05) is 13.2 Å². The predicted octanol–water partition coefficient (Wildman–Crippen LogP) is 5.42. The molecule has 5 heteroatoms. The first-order valence-electron chi connectivity index (χ1n) is 10.9. The maximum absolute atomic E-state index is 13.3. The van der Waals surface area contributed by atoms with Crippen molar-refractivity contribution in [3.05, 3.63) is 52.2 Å². The van der Waals surface area contributed by atoms with Crippen molar-refractivity contribution < 1.29 is 14.3 Å². The van der Waals surface area contributed by atoms with Gasteiger partial charge in [0.15, 0.2) is 0 Å². The largest absolute Gasteiger partial charge is 0.489 e. The Kier molecular flexibility index (Phi) is 7.23. The first kappa shape index (κ1) is 20.4. The van der Waals surface area contributed by atoms with Crippen LogP contribution < -0.4 is 4.74 Å². The first-order chi connectivity index (χ1) is 14.3. The summed E-state index contributed by atoms with van der Waals surface area (Å²) in [6.45, 7) is 2.73. The molecule has 1 saturated carbocycles. The van der Waals surface area contributed by atoms with Crippen LogP contribution in [0.3, 0.4) is 0 Å². The minimum atomic E-state index is 0.181. The van der Waals surface area contributed by atoms with E-state index in [1.54, 1.807) is 11.3 Å². The molecule has 29 heavy (non-hydrogen) atoms. The fourth-order valence-electron chi connectivity index (χ4n) is 4.37. The number of nitrogens with zero attached hydrogens (tertiary/aromatic N) is 1. The van der Waals surface area contributed by atoms with Gasteiger partial charge in [0.25, 0.3) is 0 Å². The molecule has 2 aliphatic rings. The summed E-state index contributed by atoms with van der Waals surface area (Å²) in [5, 5.41) is 4.17. The number of thiophene rings is 1. The van der Waals surface area contributed by atoms with Crippen LogP contribution in [0, 0.1) is 5.92 Å². The lowest BCUT2D eigenvalue weighted by molar-refractivity contribution is -0.138. The Hall–Kier alpha value is -1.85. The summed E-state index contributed by atoms with van der Waals surface area (Å²) in [5.41, 5.74) is 2.31. The van der Waals surface area contributed by atoms with Crippen molar-refractivity contribution in [1.29, 1.82) is 0 Å². The highest BCUT2D eigenvalue weighted by atomic mass is 32.1. The van der Waals surface area contributed by atoms with E-state index in [2.05, 4.69) is 29.0 Å². The predicted molar refractivity (Wildman–Crippen MR) is 116 cm³/mol. The smallest absolute Gasteiger partial charge is 0.226 e. The highest BCUT2D eigenvalue weighted by Crippen LogP contribution is 2.27. The number of rotatable bonds is 8. The van der Waals surface area contributed by atoms with Gasteiger partial charge in [-0.25, -0.2) is 0 Å². The molecule has 156 valence electrons. The number of benzene rings is 1. The molecule has 1 aliphatic heterocycles. The van der Waals surface area contributed by atoms with E-state index in [9.17, 15) is 4.79 Å². The fraction of sp³-hybridized carbons (Fsp3) is 0.542. The number of carbonyl (C=O) groups is 1. The molecule has 0 radical (unpaired) electrons. The topological polar surface area (TPSA) is 38.8 Å². The van der Waals surface area contributed by atoms with E-state index in [1.807, 2.05) is 17.0 Å². The van der Waals surface area contributed by atoms with Crippen molar-refractivity contribution in [2.24, 2.45) is 5.92 Å². The molecule has 1 aliphatic carbocycles. The lowest BCUT2D eigenvalue weighted by atomic mass is 9.88. The molecule has 1 atom stereocenters. The lowest BCUT2D eigenvalue weighted by Crippen LogP contribution is -2.41. The zero-order chi connectivity index (χ0) is 19.9. The molecule has 0 spiro atoms. The van der Waals surface area contributed by atoms with Crippen LogP contribution in [0.25, 0.3) is 0 Å². The Bertz CT molecular complexity index is 764. The van der Waals surface area contributed by atoms with Gasteiger partial charge in [-0.05, 0) is 65.8 Å². The van der Waals surface area contributed by atoms with Crippen molar-refractivity contribution in [3.63, 3.8) is 0 Å². The Balaban J connectivity index is 1.42. The Morgan fingerprint density at radius 3 is 2.76 bits per heavy atom. The van der Waals surface area contributed by atoms with E-state index in [0.717, 1.165) is 43.6 Å². The van der Waals surface area contributed by atoms with E-state index in [4.69, 9.17) is 9.47 Å². The summed E-state index contributed by atoms with van der Waals surface area (Å²) in [6.07, 6.45) is 8.02. The molecule has 1 amide bonds. The normalized spacial score (nSPS) is 19.9. The molecule has 2 heterocycles. The molecule has 0 N–H and O–H groups in total. The molecule has 4 nitrogen and oxygen atoms in total. The van der Waals surface area contributed by atoms with E-state index >= 15 is 0 Å². The average Bonchev–Trinajstić information content (AvgIpc) is 3.46. The molecule has 4 rings (SSSR count). The molecule has 2 fully saturated rings. The van der Waals surface area contributed by atoms with Gasteiger partial charge in [0.1, 0.15) is 12.4 Å². The third-order valence-electron chi connectivity index (χ3n) is 5.97. The summed E-state index contributed by atoms with van der Waals surface area (Å²) in [7, 11) is 0. The summed E-state index contributed by atoms with van der Waals surface area (Å²) < 4.78 is 11.8. The summed E-state index contributed by atoms with van der Waals surface area (Å²) >= 11 is 1.68. The second-order valence-electron chi connectivity index (χ2n) is 8.26. The number of hydrogen-bond donors (Lipinski definition) is 0. The van der Waals surface area contributed by atoms with Crippen molar-refractivity contribution >= 4 is 17.2 Å². The molecule has 1 unspecified atom stereocenters. The molecular weight excluding hydrogens is 382 g/mol. The molecule has 2 aromatic rings. The zero-order valence-corrected chi connectivity index (χ0v) is 17.9. The van der Waals surface area contributed by atoms with Gasteiger partial charge < -0.3 is 14.4 Å². The van der Waals surface area contributed by atoms with Gasteiger partial charge in [0, 0.05) is 25.6 Å². The minimum Gasteiger partial charge on any atom is -0.489 e. The molecule has 1 aromatic heterocycles. The summed E-state index contributed by atoms with van der Waals surface area (Å²) in [6, 6.07) is 10.3. The summed E-state index contributed by atoms with van der Waals surface area (Å²) in [4.78, 5) is 15.3. The SMILES string of the molecule is O=C(C1CCCCC1)N(Cc1cccc(OCc2ccsc2)c1)CC1CCCO1. The Morgan fingerprint density at radius 2 is 2.00 bits per heavy atom. The van der Waals surface area contributed by atoms with Gasteiger partial charge in [-0.1, -0.05) is 31.4 Å². The number of amides is 1. The standard InChI is InChI=1S/C24H31NO3S/c26-24(21-7-2-1-3-8-21)25(16-23-10-5-12-27-23)15-19-6-4-9-22(14-19)28-17-20-11-13-29-18-20/h4,6,9,11,13-14,18,21,23H,1-3,5,7-8,10,12,15-17H2. The van der Waals surface area contributed by atoms with Crippen LogP contribution in [0.4, 0.5) is 0 Å². The van der Waals surface area contributed by atoms with Gasteiger partial charge in [0.2, 0.25) is 5.91 Å². The van der Waals surface area contributed by atoms with Crippen LogP contribution in [-0.4, -0.2) is 30.1 Å². The molecule has 1 saturated heterocycles. The highest BCUT2D eigenvalue weighted by Gasteiger charge is 2.29. The van der Waals surface area contributed by atoms with Gasteiger partial charge in [-0.3, -0.25) is 4.79 Å². The van der Waals surface area contributed by atoms with Crippen LogP contribution in [-0.2, 0) is 22.7 Å². The van der Waals surface area contributed by atoms with E-state index in [1.165, 1.54) is 24.8 Å². The van der Waals surface area contributed by atoms with E-state index < -0.39 is 0 Å². The van der Waals surface area contributed by atoms with Crippen molar-refractivity contribution in [3.8, 4) is 5.75 Å². The van der Waals surface area contributed by atoms with Crippen LogP contribution in [0.2, 0.25) is 0 Å². The van der Waals surface area contributed by atoms with E-state index in [-0.39, 0.29) is 12.0 Å². The highest BCUT2D eigenvalue weighted by molar-refractivity contribution is 7.07. The first-order valence-corrected chi connectivity index (χ1v) is 11.9. The van der Waals surface area contributed by atoms with Crippen molar-refractivity contribution in [2.45, 2.75) is 64.2 Å². The molecule has 0 bridgehead atoms. The van der Waals surface area contributed by atoms with Crippen LogP contribution in [0.15, 0.2) is 41.1 Å². The Labute approximate surface area is 177 Å². The van der Waals surface area contributed by atoms with Crippen LogP contribution >= 0.6 is 11.3 Å². The number of hydrogen-bond acceptors (Lipinski definition) is 4. The van der Waals surface area contributed by atoms with Crippen LogP contribution in [0.5, 0.6) is 5.75 Å². The minimum absolute atomic E-state index is 0.181. The van der Waals surface area contributed by atoms with E-state index in [0.29, 0.717) is 25.6 Å².